The summed E-state index contributed by atoms with van der Waals surface area (Å²) < 4.78 is 25.2. The number of hydrogen-bond donors (Lipinski definition) is 2. The normalized spacial score (nSPS) is 19.4. The maximum atomic E-state index is 12.6. The lowest BCUT2D eigenvalue weighted by Crippen LogP contribution is -2.35. The average molecular weight is 459 g/mol. The third-order valence-electron chi connectivity index (χ3n) is 4.96. The molecule has 0 amide bonds. The average Bonchev–Trinajstić information content (AvgIpc) is 3.02. The largest absolute Gasteiger partial charge is 0.412 e. The second-order valence-corrected chi connectivity index (χ2v) is 9.53. The third kappa shape index (κ3) is 5.26. The van der Waals surface area contributed by atoms with E-state index in [4.69, 9.17) is 11.6 Å². The number of sulfone groups is 1. The Hall–Kier alpha value is -1.71. The van der Waals surface area contributed by atoms with Crippen molar-refractivity contribution in [3.8, 4) is 11.4 Å². The van der Waals surface area contributed by atoms with Crippen LogP contribution in [0.2, 0.25) is 5.02 Å². The number of halogens is 2. The van der Waals surface area contributed by atoms with Crippen LogP contribution in [-0.4, -0.2) is 41.4 Å². The molecule has 29 heavy (non-hydrogen) atoms. The maximum Gasteiger partial charge on any atom is 0.184 e. The molecule has 3 aliphatic rings. The summed E-state index contributed by atoms with van der Waals surface area (Å²) in [7, 11) is -3.48. The van der Waals surface area contributed by atoms with Crippen LogP contribution in [0.25, 0.3) is 11.4 Å². The molecule has 10 heteroatoms. The van der Waals surface area contributed by atoms with Gasteiger partial charge in [0.25, 0.3) is 0 Å². The van der Waals surface area contributed by atoms with E-state index in [0.717, 1.165) is 30.9 Å². The predicted octanol–water partition coefficient (Wildman–Crippen LogP) is 2.99. The number of fused-ring (bicyclic) bond motifs is 1. The van der Waals surface area contributed by atoms with Crippen LogP contribution in [0, 0.1) is 0 Å². The summed E-state index contributed by atoms with van der Waals surface area (Å²) in [6.45, 7) is 3.15. The molecule has 4 N–H and O–H groups in total. The van der Waals surface area contributed by atoms with Crippen molar-refractivity contribution in [2.45, 2.75) is 42.4 Å². The number of nitrogens with zero attached hydrogens (tertiary/aromatic N) is 2. The molecule has 1 aromatic rings. The molecular formula is C19H24Cl2N4O3S. The Bertz CT molecular complexity index is 1020. The van der Waals surface area contributed by atoms with Crippen molar-refractivity contribution in [1.82, 2.24) is 20.3 Å². The van der Waals surface area contributed by atoms with E-state index in [1.807, 2.05) is 0 Å². The molecule has 1 fully saturated rings. The van der Waals surface area contributed by atoms with Crippen LogP contribution in [0.5, 0.6) is 0 Å². The van der Waals surface area contributed by atoms with Crippen LogP contribution in [0.1, 0.15) is 37.2 Å². The smallest absolute Gasteiger partial charge is 0.184 e. The highest BCUT2D eigenvalue weighted by Crippen LogP contribution is 2.29. The molecule has 0 saturated carbocycles. The minimum absolute atomic E-state index is 0. The van der Waals surface area contributed by atoms with E-state index in [1.54, 1.807) is 24.4 Å². The molecule has 1 aromatic carbocycles. The second-order valence-electron chi connectivity index (χ2n) is 7.10. The van der Waals surface area contributed by atoms with Crippen LogP contribution in [0.3, 0.4) is 0 Å². The molecule has 2 unspecified atom stereocenters. The Labute approximate surface area is 181 Å². The minimum Gasteiger partial charge on any atom is -0.412 e. The molecule has 0 radical (unpaired) electrons. The van der Waals surface area contributed by atoms with Gasteiger partial charge in [0, 0.05) is 17.0 Å². The summed E-state index contributed by atoms with van der Waals surface area (Å²) in [5, 5.41) is 3.94. The van der Waals surface area contributed by atoms with Crippen LogP contribution >= 0.6 is 24.0 Å². The molecule has 3 heterocycles. The molecule has 7 nitrogen and oxygen atoms in total. The van der Waals surface area contributed by atoms with E-state index in [2.05, 4.69) is 27.2 Å². The van der Waals surface area contributed by atoms with Gasteiger partial charge < -0.3 is 15.8 Å². The summed E-state index contributed by atoms with van der Waals surface area (Å²) >= 11 is 5.84. The zero-order valence-electron chi connectivity index (χ0n) is 15.9. The number of aromatic nitrogens is 3. The number of rotatable bonds is 4. The molecule has 158 valence electrons. The summed E-state index contributed by atoms with van der Waals surface area (Å²) in [5.41, 5.74) is 2.02. The lowest BCUT2D eigenvalue weighted by atomic mass is 9.92. The summed E-state index contributed by atoms with van der Waals surface area (Å²) in [6, 6.07) is 8.46. The van der Waals surface area contributed by atoms with Gasteiger partial charge in [-0.2, -0.15) is 0 Å². The van der Waals surface area contributed by atoms with Crippen molar-refractivity contribution >= 4 is 33.8 Å². The van der Waals surface area contributed by atoms with Crippen LogP contribution < -0.4 is 5.32 Å². The lowest BCUT2D eigenvalue weighted by Gasteiger charge is -2.27. The Morgan fingerprint density at radius 3 is 2.66 bits per heavy atom. The zero-order valence-corrected chi connectivity index (χ0v) is 18.2. The molecular weight excluding hydrogens is 435 g/mol. The molecule has 2 atom stereocenters. The van der Waals surface area contributed by atoms with Gasteiger partial charge in [0.05, 0.1) is 28.2 Å². The molecule has 3 aliphatic heterocycles. The number of aromatic amines is 1. The zero-order chi connectivity index (χ0) is 19.0. The number of piperidine rings is 1. The molecule has 4 rings (SSSR count). The van der Waals surface area contributed by atoms with Gasteiger partial charge in [-0.15, -0.1) is 12.4 Å². The van der Waals surface area contributed by atoms with Gasteiger partial charge >= 0.3 is 0 Å². The summed E-state index contributed by atoms with van der Waals surface area (Å²) in [4.78, 5) is 12.6. The van der Waals surface area contributed by atoms with Crippen LogP contribution in [0.4, 0.5) is 0 Å². The van der Waals surface area contributed by atoms with Crippen molar-refractivity contribution in [2.75, 3.05) is 6.54 Å². The van der Waals surface area contributed by atoms with E-state index >= 15 is 0 Å². The Kier molecular flexibility index (Phi) is 7.64. The molecule has 0 aromatic heterocycles. The second kappa shape index (κ2) is 9.40. The van der Waals surface area contributed by atoms with Gasteiger partial charge in [0.15, 0.2) is 9.84 Å². The van der Waals surface area contributed by atoms with Crippen molar-refractivity contribution < 1.29 is 13.9 Å². The van der Waals surface area contributed by atoms with E-state index < -0.39 is 9.84 Å². The topological polar surface area (TPSA) is 119 Å². The number of H-pyrrole nitrogens is 1. The Morgan fingerprint density at radius 1 is 1.24 bits per heavy atom. The lowest BCUT2D eigenvalue weighted by molar-refractivity contribution is 0.371. The third-order valence-corrected chi connectivity index (χ3v) is 6.88. The first-order valence-corrected chi connectivity index (χ1v) is 11.0. The quantitative estimate of drug-likeness (QED) is 0.622. The van der Waals surface area contributed by atoms with E-state index in [9.17, 15) is 8.42 Å². The highest BCUT2D eigenvalue weighted by molar-refractivity contribution is 7.90. The molecule has 0 spiro atoms. The first kappa shape index (κ1) is 23.6. The van der Waals surface area contributed by atoms with Crippen molar-refractivity contribution in [1.29, 1.82) is 0 Å². The fourth-order valence-corrected chi connectivity index (χ4v) is 4.95. The monoisotopic (exact) mass is 458 g/mol. The van der Waals surface area contributed by atoms with E-state index in [0.29, 0.717) is 28.4 Å². The summed E-state index contributed by atoms with van der Waals surface area (Å²) in [5.74, 6) is 1.16. The van der Waals surface area contributed by atoms with Crippen molar-refractivity contribution in [2.24, 2.45) is 0 Å². The molecule has 0 bridgehead atoms. The van der Waals surface area contributed by atoms with Crippen LogP contribution in [0.15, 0.2) is 41.4 Å². The molecule has 1 saturated heterocycles. The van der Waals surface area contributed by atoms with Gasteiger partial charge in [-0.25, -0.2) is 18.4 Å². The van der Waals surface area contributed by atoms with Gasteiger partial charge in [0.2, 0.25) is 0 Å². The number of nitrogens with one attached hydrogen (secondary N) is 2. The van der Waals surface area contributed by atoms with Gasteiger partial charge in [-0.05, 0) is 56.6 Å². The fourth-order valence-electron chi connectivity index (χ4n) is 3.57. The SMILES string of the molecule is CC1CC(c2ncc3nc(CS(=O)(=O)c4ccc(Cl)cc4)cc-3[nH]2)CCN1.Cl.O. The van der Waals surface area contributed by atoms with E-state index in [1.165, 1.54) is 12.1 Å². The van der Waals surface area contributed by atoms with Crippen molar-refractivity contribution in [3.63, 3.8) is 0 Å². The highest BCUT2D eigenvalue weighted by Gasteiger charge is 2.24. The number of benzene rings is 1. The summed E-state index contributed by atoms with van der Waals surface area (Å²) in [6.07, 6.45) is 3.79. The Balaban J connectivity index is 0.00000150. The predicted molar refractivity (Wildman–Crippen MR) is 116 cm³/mol. The maximum absolute atomic E-state index is 12.6. The van der Waals surface area contributed by atoms with Gasteiger partial charge in [-0.3, -0.25) is 0 Å². The standard InChI is InChI=1S/C19H21ClN4O2S.ClH.H2O/c1-12-8-13(6-7-21-12)19-22-10-18-17(24-19)9-15(23-18)11-27(25,26)16-4-2-14(20)3-5-16;;/h2-5,9-10,12-13,21H,6-8,11H2,1H3,(H,22,24);1H;1H2. The Morgan fingerprint density at radius 2 is 1.97 bits per heavy atom. The first-order valence-electron chi connectivity index (χ1n) is 8.97. The van der Waals surface area contributed by atoms with Crippen LogP contribution in [-0.2, 0) is 15.6 Å². The van der Waals surface area contributed by atoms with Crippen molar-refractivity contribution in [3.05, 3.63) is 53.1 Å². The minimum atomic E-state index is -3.48. The highest BCUT2D eigenvalue weighted by atomic mass is 35.5. The fraction of sp³-hybridized carbons (Fsp3) is 0.368. The van der Waals surface area contributed by atoms with E-state index in [-0.39, 0.29) is 28.5 Å². The molecule has 0 aliphatic carbocycles. The first-order chi connectivity index (χ1) is 12.9. The van der Waals surface area contributed by atoms with Gasteiger partial charge in [-0.1, -0.05) is 11.6 Å². The number of hydrogen-bond acceptors (Lipinski definition) is 5. The van der Waals surface area contributed by atoms with Gasteiger partial charge in [0.1, 0.15) is 11.5 Å².